The van der Waals surface area contributed by atoms with Gasteiger partial charge in [0.05, 0.1) is 10.0 Å². The van der Waals surface area contributed by atoms with Crippen LogP contribution in [0.2, 0.25) is 10.0 Å². The van der Waals surface area contributed by atoms with Gasteiger partial charge in [-0.25, -0.2) is 9.67 Å². The first-order valence-electron chi connectivity index (χ1n) is 9.05. The highest BCUT2D eigenvalue weighted by Crippen LogP contribution is 2.30. The normalized spacial score (nSPS) is 12.2. The van der Waals surface area contributed by atoms with Gasteiger partial charge in [0, 0.05) is 25.6 Å². The lowest BCUT2D eigenvalue weighted by Crippen LogP contribution is -2.35. The lowest BCUT2D eigenvalue weighted by molar-refractivity contribution is 0.0777. The van der Waals surface area contributed by atoms with Crippen molar-refractivity contribution in [2.75, 3.05) is 13.6 Å². The Morgan fingerprint density at radius 1 is 1.21 bits per heavy atom. The van der Waals surface area contributed by atoms with Crippen molar-refractivity contribution < 1.29 is 4.79 Å². The molecule has 0 saturated carbocycles. The Kier molecular flexibility index (Phi) is 9.21. The number of rotatable bonds is 7. The molecule has 9 heteroatoms. The predicted octanol–water partition coefficient (Wildman–Crippen LogP) is 4.56. The fourth-order valence-corrected chi connectivity index (χ4v) is 3.15. The van der Waals surface area contributed by atoms with E-state index in [4.69, 9.17) is 28.9 Å². The lowest BCUT2D eigenvalue weighted by atomic mass is 10.0. The van der Waals surface area contributed by atoms with E-state index >= 15 is 0 Å². The average Bonchev–Trinajstić information content (AvgIpc) is 3.03. The lowest BCUT2D eigenvalue weighted by Gasteiger charge is -2.20. The fraction of sp³-hybridized carbons (Fsp3) is 0.526. The van der Waals surface area contributed by atoms with Gasteiger partial charge < -0.3 is 10.6 Å². The number of halogens is 3. The number of amides is 1. The van der Waals surface area contributed by atoms with Crippen LogP contribution in [0, 0.1) is 5.92 Å². The molecule has 1 atom stereocenters. The van der Waals surface area contributed by atoms with Crippen LogP contribution in [0.1, 0.15) is 56.5 Å². The van der Waals surface area contributed by atoms with E-state index in [1.165, 1.54) is 0 Å². The summed E-state index contributed by atoms with van der Waals surface area (Å²) in [5, 5.41) is 5.32. The first-order valence-corrected chi connectivity index (χ1v) is 9.81. The van der Waals surface area contributed by atoms with Crippen molar-refractivity contribution in [1.82, 2.24) is 19.7 Å². The molecule has 1 unspecified atom stereocenters. The van der Waals surface area contributed by atoms with E-state index in [2.05, 4.69) is 23.9 Å². The molecule has 156 valence electrons. The largest absolute Gasteiger partial charge is 0.339 e. The highest BCUT2D eigenvalue weighted by atomic mass is 35.5. The summed E-state index contributed by atoms with van der Waals surface area (Å²) in [7, 11) is 1.73. The third-order valence-corrected chi connectivity index (χ3v) is 5.10. The molecule has 0 aliphatic heterocycles. The summed E-state index contributed by atoms with van der Waals surface area (Å²) >= 11 is 12.6. The molecule has 1 amide bonds. The van der Waals surface area contributed by atoms with Crippen LogP contribution >= 0.6 is 35.6 Å². The second kappa shape index (κ2) is 10.4. The summed E-state index contributed by atoms with van der Waals surface area (Å²) in [6.45, 7) is 8.63. The molecular weight excluding hydrogens is 421 g/mol. The van der Waals surface area contributed by atoms with E-state index < -0.39 is 0 Å². The minimum atomic E-state index is -0.255. The maximum atomic E-state index is 12.8. The molecule has 2 aromatic rings. The average molecular weight is 449 g/mol. The molecule has 1 aromatic heterocycles. The summed E-state index contributed by atoms with van der Waals surface area (Å²) in [6.07, 6.45) is 0.716. The monoisotopic (exact) mass is 447 g/mol. The number of nitrogens with two attached hydrogens (primary N) is 1. The van der Waals surface area contributed by atoms with E-state index in [0.29, 0.717) is 40.4 Å². The minimum Gasteiger partial charge on any atom is -0.339 e. The van der Waals surface area contributed by atoms with Crippen molar-refractivity contribution in [2.24, 2.45) is 11.7 Å². The quantitative estimate of drug-likeness (QED) is 0.673. The maximum Gasteiger partial charge on any atom is 0.293 e. The summed E-state index contributed by atoms with van der Waals surface area (Å²) in [5.41, 5.74) is 6.61. The SMILES string of the molecule is CC(C)c1nc(C(=O)N(C)CCC(N)C(C)C)nn1-c1c(Cl)cccc1Cl.Cl. The molecule has 6 nitrogen and oxygen atoms in total. The van der Waals surface area contributed by atoms with Gasteiger partial charge in [0.15, 0.2) is 0 Å². The van der Waals surface area contributed by atoms with Crippen molar-refractivity contribution in [3.05, 3.63) is 39.9 Å². The molecule has 0 saturated heterocycles. The van der Waals surface area contributed by atoms with Gasteiger partial charge in [-0.1, -0.05) is 57.0 Å². The van der Waals surface area contributed by atoms with Crippen molar-refractivity contribution in [3.63, 3.8) is 0 Å². The van der Waals surface area contributed by atoms with E-state index in [1.54, 1.807) is 34.8 Å². The van der Waals surface area contributed by atoms with Gasteiger partial charge in [0.2, 0.25) is 5.82 Å². The van der Waals surface area contributed by atoms with Crippen molar-refractivity contribution in [3.8, 4) is 5.69 Å². The van der Waals surface area contributed by atoms with E-state index in [-0.39, 0.29) is 36.1 Å². The zero-order valence-corrected chi connectivity index (χ0v) is 19.1. The zero-order valence-electron chi connectivity index (χ0n) is 16.8. The van der Waals surface area contributed by atoms with Crippen LogP contribution in [0.3, 0.4) is 0 Å². The van der Waals surface area contributed by atoms with Crippen molar-refractivity contribution in [2.45, 2.75) is 46.1 Å². The Labute approximate surface area is 182 Å². The first kappa shape index (κ1) is 24.7. The van der Waals surface area contributed by atoms with E-state index in [0.717, 1.165) is 0 Å². The second-order valence-corrected chi connectivity index (χ2v) is 8.17. The number of hydrogen-bond acceptors (Lipinski definition) is 4. The van der Waals surface area contributed by atoms with Gasteiger partial charge in [-0.3, -0.25) is 4.79 Å². The molecule has 28 heavy (non-hydrogen) atoms. The number of carbonyl (C=O) groups excluding carboxylic acids is 1. The summed E-state index contributed by atoms with van der Waals surface area (Å²) in [4.78, 5) is 18.9. The van der Waals surface area contributed by atoms with Gasteiger partial charge in [-0.05, 0) is 24.5 Å². The molecule has 0 aliphatic carbocycles. The molecule has 2 N–H and O–H groups in total. The topological polar surface area (TPSA) is 77.0 Å². The second-order valence-electron chi connectivity index (χ2n) is 7.35. The number of hydrogen-bond donors (Lipinski definition) is 1. The summed E-state index contributed by atoms with van der Waals surface area (Å²) in [6, 6.07) is 5.27. The van der Waals surface area contributed by atoms with E-state index in [9.17, 15) is 4.79 Å². The Morgan fingerprint density at radius 2 is 1.79 bits per heavy atom. The maximum absolute atomic E-state index is 12.8. The van der Waals surface area contributed by atoms with E-state index in [1.807, 2.05) is 13.8 Å². The molecule has 2 rings (SSSR count). The molecule has 0 bridgehead atoms. The number of nitrogens with zero attached hydrogens (tertiary/aromatic N) is 4. The van der Waals surface area contributed by atoms with Crippen molar-refractivity contribution in [1.29, 1.82) is 0 Å². The van der Waals surface area contributed by atoms with Crippen LogP contribution in [0.15, 0.2) is 18.2 Å². The molecule has 0 aliphatic rings. The third-order valence-electron chi connectivity index (χ3n) is 4.49. The van der Waals surface area contributed by atoms with Crippen LogP contribution in [0.4, 0.5) is 0 Å². The molecule has 0 radical (unpaired) electrons. The Bertz CT molecular complexity index is 787. The van der Waals surface area contributed by atoms with Crippen molar-refractivity contribution >= 4 is 41.5 Å². The minimum absolute atomic E-state index is 0. The van der Waals surface area contributed by atoms with Gasteiger partial charge >= 0.3 is 0 Å². The summed E-state index contributed by atoms with van der Waals surface area (Å²) < 4.78 is 1.57. The number of carbonyl (C=O) groups is 1. The Balaban J connectivity index is 0.00000392. The van der Waals surface area contributed by atoms with Crippen LogP contribution in [-0.2, 0) is 0 Å². The van der Waals surface area contributed by atoms with Crippen LogP contribution < -0.4 is 5.73 Å². The standard InChI is InChI=1S/C19H27Cl2N5O.ClH/c1-11(2)15(22)9-10-25(5)19(27)17-23-18(12(3)4)26(24-17)16-13(20)7-6-8-14(16)21;/h6-8,11-12,15H,9-10,22H2,1-5H3;1H. The number of aromatic nitrogens is 3. The van der Waals surface area contributed by atoms with Gasteiger partial charge in [-0.2, -0.15) is 0 Å². The first-order chi connectivity index (χ1) is 12.6. The van der Waals surface area contributed by atoms with Gasteiger partial charge in [-0.15, -0.1) is 17.5 Å². The smallest absolute Gasteiger partial charge is 0.293 e. The summed E-state index contributed by atoms with van der Waals surface area (Å²) in [5.74, 6) is 0.887. The highest BCUT2D eigenvalue weighted by Gasteiger charge is 2.24. The van der Waals surface area contributed by atoms with Gasteiger partial charge in [0.1, 0.15) is 11.5 Å². The van der Waals surface area contributed by atoms with Crippen LogP contribution in [0.25, 0.3) is 5.69 Å². The highest BCUT2D eigenvalue weighted by molar-refractivity contribution is 6.37. The molecule has 0 fully saturated rings. The molecule has 1 heterocycles. The predicted molar refractivity (Wildman–Crippen MR) is 117 cm³/mol. The molecule has 0 spiro atoms. The number of para-hydroxylation sites is 1. The zero-order chi connectivity index (χ0) is 20.3. The Hall–Kier alpha value is -1.34. The molecule has 1 aromatic carbocycles. The number of benzene rings is 1. The third kappa shape index (κ3) is 5.60. The fourth-order valence-electron chi connectivity index (χ4n) is 2.59. The van der Waals surface area contributed by atoms with Crippen LogP contribution in [-0.4, -0.2) is 45.2 Å². The van der Waals surface area contributed by atoms with Crippen LogP contribution in [0.5, 0.6) is 0 Å². The Morgan fingerprint density at radius 3 is 2.29 bits per heavy atom. The molecular formula is C19H28Cl3N5O. The van der Waals surface area contributed by atoms with Gasteiger partial charge in [0.25, 0.3) is 5.91 Å².